The summed E-state index contributed by atoms with van der Waals surface area (Å²) < 4.78 is 5.44. The van der Waals surface area contributed by atoms with Crippen molar-refractivity contribution in [1.82, 2.24) is 4.90 Å². The summed E-state index contributed by atoms with van der Waals surface area (Å²) in [5.74, 6) is 0.929. The lowest BCUT2D eigenvalue weighted by Gasteiger charge is -2.41. The predicted octanol–water partition coefficient (Wildman–Crippen LogP) is 2.60. The number of benzene rings is 1. The molecule has 0 aliphatic rings. The summed E-state index contributed by atoms with van der Waals surface area (Å²) in [6.45, 7) is 6.51. The van der Waals surface area contributed by atoms with Crippen LogP contribution in [0.25, 0.3) is 0 Å². The molecule has 19 heavy (non-hydrogen) atoms. The van der Waals surface area contributed by atoms with Gasteiger partial charge in [0.2, 0.25) is 0 Å². The molecule has 0 saturated heterocycles. The van der Waals surface area contributed by atoms with Crippen molar-refractivity contribution in [3.8, 4) is 5.75 Å². The zero-order valence-corrected chi connectivity index (χ0v) is 13.2. The van der Waals surface area contributed by atoms with Gasteiger partial charge in [0.05, 0.1) is 7.11 Å². The molecule has 0 radical (unpaired) electrons. The second-order valence-electron chi connectivity index (χ2n) is 5.73. The third-order valence-corrected chi connectivity index (χ3v) is 4.41. The van der Waals surface area contributed by atoms with E-state index < -0.39 is 0 Å². The fourth-order valence-corrected chi connectivity index (χ4v) is 2.43. The molecule has 1 aromatic carbocycles. The van der Waals surface area contributed by atoms with Crippen LogP contribution in [0.3, 0.4) is 0 Å². The average molecular weight is 264 g/mol. The topological polar surface area (TPSA) is 38.5 Å². The van der Waals surface area contributed by atoms with Crippen molar-refractivity contribution in [2.45, 2.75) is 45.2 Å². The third kappa shape index (κ3) is 3.48. The fourth-order valence-electron chi connectivity index (χ4n) is 2.43. The number of ether oxygens (including phenoxy) is 1. The first kappa shape index (κ1) is 16.0. The number of hydrogen-bond acceptors (Lipinski definition) is 3. The molecule has 3 nitrogen and oxygen atoms in total. The van der Waals surface area contributed by atoms with Crippen LogP contribution in [0.2, 0.25) is 0 Å². The van der Waals surface area contributed by atoms with E-state index in [1.54, 1.807) is 7.11 Å². The monoisotopic (exact) mass is 264 g/mol. The van der Waals surface area contributed by atoms with Crippen LogP contribution in [-0.4, -0.2) is 37.7 Å². The Balaban J connectivity index is 2.98. The quantitative estimate of drug-likeness (QED) is 0.858. The Kier molecular flexibility index (Phi) is 5.39. The highest BCUT2D eigenvalue weighted by Crippen LogP contribution is 2.26. The van der Waals surface area contributed by atoms with Crippen LogP contribution in [-0.2, 0) is 6.42 Å². The molecule has 0 spiro atoms. The van der Waals surface area contributed by atoms with Gasteiger partial charge < -0.3 is 15.4 Å². The van der Waals surface area contributed by atoms with E-state index in [0.717, 1.165) is 18.6 Å². The molecule has 0 saturated carbocycles. The summed E-state index contributed by atoms with van der Waals surface area (Å²) >= 11 is 0. The first-order valence-corrected chi connectivity index (χ1v) is 6.91. The van der Waals surface area contributed by atoms with Crippen LogP contribution in [0, 0.1) is 6.92 Å². The second-order valence-corrected chi connectivity index (χ2v) is 5.73. The van der Waals surface area contributed by atoms with Crippen molar-refractivity contribution in [3.05, 3.63) is 29.3 Å². The van der Waals surface area contributed by atoms with Crippen LogP contribution >= 0.6 is 0 Å². The molecule has 0 heterocycles. The van der Waals surface area contributed by atoms with E-state index in [2.05, 4.69) is 51.9 Å². The molecule has 0 aromatic heterocycles. The Morgan fingerprint density at radius 1 is 1.37 bits per heavy atom. The van der Waals surface area contributed by atoms with E-state index >= 15 is 0 Å². The largest absolute Gasteiger partial charge is 0.496 e. The van der Waals surface area contributed by atoms with Crippen LogP contribution in [0.15, 0.2) is 18.2 Å². The lowest BCUT2D eigenvalue weighted by molar-refractivity contribution is 0.131. The van der Waals surface area contributed by atoms with Gasteiger partial charge in [-0.3, -0.25) is 0 Å². The zero-order chi connectivity index (χ0) is 14.6. The Morgan fingerprint density at radius 3 is 2.47 bits per heavy atom. The summed E-state index contributed by atoms with van der Waals surface area (Å²) in [7, 11) is 5.90. The van der Waals surface area contributed by atoms with Crippen LogP contribution in [0.4, 0.5) is 0 Å². The number of rotatable bonds is 6. The smallest absolute Gasteiger partial charge is 0.122 e. The molecule has 1 aromatic rings. The number of nitrogens with two attached hydrogens (primary N) is 1. The van der Waals surface area contributed by atoms with E-state index in [0.29, 0.717) is 0 Å². The second kappa shape index (κ2) is 6.40. The van der Waals surface area contributed by atoms with E-state index in [-0.39, 0.29) is 11.6 Å². The van der Waals surface area contributed by atoms with E-state index in [9.17, 15) is 0 Å². The normalized spacial score (nSPS) is 16.2. The molecular formula is C16H28N2O. The molecule has 108 valence electrons. The number of aryl methyl sites for hydroxylation is 1. The zero-order valence-electron chi connectivity index (χ0n) is 13.2. The molecule has 1 rings (SSSR count). The highest BCUT2D eigenvalue weighted by atomic mass is 16.5. The third-order valence-electron chi connectivity index (χ3n) is 4.41. The Labute approximate surface area is 117 Å². The van der Waals surface area contributed by atoms with Gasteiger partial charge in [-0.05, 0) is 52.4 Å². The SMILES string of the molecule is CCC(C)(C(N)Cc1cc(C)ccc1OC)N(C)C. The molecule has 0 bridgehead atoms. The first-order valence-electron chi connectivity index (χ1n) is 6.91. The molecule has 0 fully saturated rings. The Bertz CT molecular complexity index is 417. The summed E-state index contributed by atoms with van der Waals surface area (Å²) in [5, 5.41) is 0. The molecule has 0 aliphatic carbocycles. The summed E-state index contributed by atoms with van der Waals surface area (Å²) in [6, 6.07) is 6.34. The predicted molar refractivity (Wildman–Crippen MR) is 81.8 cm³/mol. The minimum atomic E-state index is -0.00520. The van der Waals surface area contributed by atoms with Gasteiger partial charge in [0, 0.05) is 11.6 Å². The molecular weight excluding hydrogens is 236 g/mol. The molecule has 2 N–H and O–H groups in total. The molecule has 2 atom stereocenters. The maximum atomic E-state index is 6.47. The van der Waals surface area contributed by atoms with Crippen molar-refractivity contribution >= 4 is 0 Å². The number of methoxy groups -OCH3 is 1. The van der Waals surface area contributed by atoms with Gasteiger partial charge in [-0.15, -0.1) is 0 Å². The lowest BCUT2D eigenvalue weighted by atomic mass is 9.84. The number of hydrogen-bond donors (Lipinski definition) is 1. The van der Waals surface area contributed by atoms with Crippen molar-refractivity contribution in [1.29, 1.82) is 0 Å². The molecule has 0 amide bonds. The minimum absolute atomic E-state index is 0.00520. The summed E-state index contributed by atoms with van der Waals surface area (Å²) in [6.07, 6.45) is 1.85. The van der Waals surface area contributed by atoms with Crippen LogP contribution in [0.1, 0.15) is 31.4 Å². The van der Waals surface area contributed by atoms with E-state index in [1.807, 2.05) is 6.07 Å². The van der Waals surface area contributed by atoms with Gasteiger partial charge in [-0.1, -0.05) is 24.6 Å². The molecule has 0 aliphatic heterocycles. The van der Waals surface area contributed by atoms with Crippen LogP contribution in [0.5, 0.6) is 5.75 Å². The molecule has 2 unspecified atom stereocenters. The van der Waals surface area contributed by atoms with Crippen molar-refractivity contribution < 1.29 is 4.74 Å². The van der Waals surface area contributed by atoms with Gasteiger partial charge in [0.1, 0.15) is 5.75 Å². The highest BCUT2D eigenvalue weighted by molar-refractivity contribution is 5.37. The van der Waals surface area contributed by atoms with Gasteiger partial charge in [-0.25, -0.2) is 0 Å². The first-order chi connectivity index (χ1) is 8.85. The number of likely N-dealkylation sites (N-methyl/N-ethyl adjacent to an activating group) is 1. The summed E-state index contributed by atoms with van der Waals surface area (Å²) in [5.41, 5.74) is 8.90. The van der Waals surface area contributed by atoms with Gasteiger partial charge >= 0.3 is 0 Å². The Morgan fingerprint density at radius 2 is 2.00 bits per heavy atom. The number of nitrogens with zero attached hydrogens (tertiary/aromatic N) is 1. The van der Waals surface area contributed by atoms with Gasteiger partial charge in [0.15, 0.2) is 0 Å². The van der Waals surface area contributed by atoms with Gasteiger partial charge in [0.25, 0.3) is 0 Å². The minimum Gasteiger partial charge on any atom is -0.496 e. The maximum Gasteiger partial charge on any atom is 0.122 e. The van der Waals surface area contributed by atoms with Crippen LogP contribution < -0.4 is 10.5 Å². The fraction of sp³-hybridized carbons (Fsp3) is 0.625. The molecule has 3 heteroatoms. The van der Waals surface area contributed by atoms with Crippen molar-refractivity contribution in [3.63, 3.8) is 0 Å². The highest BCUT2D eigenvalue weighted by Gasteiger charge is 2.32. The summed E-state index contributed by atoms with van der Waals surface area (Å²) in [4.78, 5) is 2.22. The Hall–Kier alpha value is -1.06. The maximum absolute atomic E-state index is 6.47. The van der Waals surface area contributed by atoms with Crippen molar-refractivity contribution in [2.75, 3.05) is 21.2 Å². The van der Waals surface area contributed by atoms with E-state index in [1.165, 1.54) is 11.1 Å². The standard InChI is InChI=1S/C16H28N2O/c1-7-16(3,18(4)5)15(17)11-13-10-12(2)8-9-14(13)19-6/h8-10,15H,7,11,17H2,1-6H3. The average Bonchev–Trinajstić information content (AvgIpc) is 2.37. The van der Waals surface area contributed by atoms with Crippen molar-refractivity contribution in [2.24, 2.45) is 5.73 Å². The van der Waals surface area contributed by atoms with Gasteiger partial charge in [-0.2, -0.15) is 0 Å². The van der Waals surface area contributed by atoms with E-state index in [4.69, 9.17) is 10.5 Å². The lowest BCUT2D eigenvalue weighted by Crippen LogP contribution is -2.55.